The highest BCUT2D eigenvalue weighted by molar-refractivity contribution is 5.96. The third kappa shape index (κ3) is 2.28. The summed E-state index contributed by atoms with van der Waals surface area (Å²) in [6.45, 7) is 0.585. The molecule has 1 aliphatic heterocycles. The fourth-order valence-electron chi connectivity index (χ4n) is 2.39. The first-order chi connectivity index (χ1) is 9.78. The molecule has 3 rings (SSSR count). The van der Waals surface area contributed by atoms with Crippen LogP contribution in [0.5, 0.6) is 0 Å². The van der Waals surface area contributed by atoms with E-state index in [4.69, 9.17) is 6.42 Å². The molecule has 1 saturated heterocycles. The number of nitrogens with zero attached hydrogens (tertiary/aromatic N) is 2. The molecule has 2 aromatic rings. The molecule has 98 valence electrons. The summed E-state index contributed by atoms with van der Waals surface area (Å²) in [6.07, 6.45) is 7.55. The van der Waals surface area contributed by atoms with Crippen molar-refractivity contribution in [1.82, 2.24) is 4.98 Å². The van der Waals surface area contributed by atoms with Gasteiger partial charge in [0.25, 0.3) is 0 Å². The van der Waals surface area contributed by atoms with Gasteiger partial charge in [0.15, 0.2) is 0 Å². The standard InChI is InChI=1S/C17H14N2O/c1-2-13-10-17(20)19(12-13)15-8-9-16(18-11-15)14-6-4-3-5-7-14/h1,3-9,11,13H,10,12H2. The van der Waals surface area contributed by atoms with Gasteiger partial charge in [-0.3, -0.25) is 9.78 Å². The number of rotatable bonds is 2. The Hall–Kier alpha value is -2.60. The zero-order valence-electron chi connectivity index (χ0n) is 11.0. The smallest absolute Gasteiger partial charge is 0.228 e. The van der Waals surface area contributed by atoms with Crippen molar-refractivity contribution in [2.45, 2.75) is 6.42 Å². The minimum Gasteiger partial charge on any atom is -0.310 e. The molecule has 1 aromatic heterocycles. The highest BCUT2D eigenvalue weighted by Gasteiger charge is 2.29. The minimum absolute atomic E-state index is 0.0105. The van der Waals surface area contributed by atoms with E-state index < -0.39 is 0 Å². The van der Waals surface area contributed by atoms with E-state index in [1.54, 1.807) is 11.1 Å². The number of terminal acetylenes is 1. The van der Waals surface area contributed by atoms with Gasteiger partial charge in [-0.25, -0.2) is 0 Å². The van der Waals surface area contributed by atoms with Gasteiger partial charge in [0, 0.05) is 24.4 Å². The second-order valence-corrected chi connectivity index (χ2v) is 4.84. The van der Waals surface area contributed by atoms with E-state index in [9.17, 15) is 4.79 Å². The van der Waals surface area contributed by atoms with Crippen molar-refractivity contribution < 1.29 is 4.79 Å². The highest BCUT2D eigenvalue weighted by atomic mass is 16.2. The van der Waals surface area contributed by atoms with E-state index in [0.717, 1.165) is 16.9 Å². The van der Waals surface area contributed by atoms with Crippen LogP contribution < -0.4 is 4.90 Å². The Morgan fingerprint density at radius 2 is 2.00 bits per heavy atom. The maximum absolute atomic E-state index is 11.9. The van der Waals surface area contributed by atoms with E-state index in [1.807, 2.05) is 42.5 Å². The molecule has 0 radical (unpaired) electrons. The molecule has 0 spiro atoms. The topological polar surface area (TPSA) is 33.2 Å². The summed E-state index contributed by atoms with van der Waals surface area (Å²) in [4.78, 5) is 18.0. The normalized spacial score (nSPS) is 18.1. The number of carbonyl (C=O) groups excluding carboxylic acids is 1. The first-order valence-corrected chi connectivity index (χ1v) is 6.56. The van der Waals surface area contributed by atoms with E-state index >= 15 is 0 Å². The minimum atomic E-state index is 0.0105. The Labute approximate surface area is 118 Å². The summed E-state index contributed by atoms with van der Waals surface area (Å²) < 4.78 is 0. The first kappa shape index (κ1) is 12.4. The molecule has 1 atom stereocenters. The molecule has 0 bridgehead atoms. The Kier molecular flexibility index (Phi) is 3.22. The lowest BCUT2D eigenvalue weighted by atomic mass is 10.1. The number of aromatic nitrogens is 1. The monoisotopic (exact) mass is 262 g/mol. The van der Waals surface area contributed by atoms with Crippen molar-refractivity contribution >= 4 is 11.6 Å². The molecule has 1 aliphatic rings. The number of amides is 1. The molecule has 2 heterocycles. The van der Waals surface area contributed by atoms with Crippen molar-refractivity contribution in [3.05, 3.63) is 48.7 Å². The molecule has 0 saturated carbocycles. The summed E-state index contributed by atoms with van der Waals surface area (Å²) >= 11 is 0. The number of carbonyl (C=O) groups is 1. The molecule has 0 N–H and O–H groups in total. The van der Waals surface area contributed by atoms with Gasteiger partial charge in [-0.15, -0.1) is 12.3 Å². The molecule has 20 heavy (non-hydrogen) atoms. The van der Waals surface area contributed by atoms with Gasteiger partial charge < -0.3 is 4.90 Å². The van der Waals surface area contributed by atoms with E-state index in [2.05, 4.69) is 10.9 Å². The summed E-state index contributed by atoms with van der Waals surface area (Å²) in [5, 5.41) is 0. The van der Waals surface area contributed by atoms with Crippen molar-refractivity contribution in [2.24, 2.45) is 5.92 Å². The summed E-state index contributed by atoms with van der Waals surface area (Å²) in [5.41, 5.74) is 2.77. The lowest BCUT2D eigenvalue weighted by Gasteiger charge is -2.15. The Bertz CT molecular complexity index is 656. The largest absolute Gasteiger partial charge is 0.310 e. The third-order valence-corrected chi connectivity index (χ3v) is 3.49. The fourth-order valence-corrected chi connectivity index (χ4v) is 2.39. The number of benzene rings is 1. The van der Waals surface area contributed by atoms with E-state index in [1.165, 1.54) is 0 Å². The van der Waals surface area contributed by atoms with Gasteiger partial charge in [-0.1, -0.05) is 30.3 Å². The van der Waals surface area contributed by atoms with Gasteiger partial charge in [0.1, 0.15) is 0 Å². The first-order valence-electron chi connectivity index (χ1n) is 6.56. The van der Waals surface area contributed by atoms with Crippen LogP contribution in [0.3, 0.4) is 0 Å². The fraction of sp³-hybridized carbons (Fsp3) is 0.176. The predicted molar refractivity (Wildman–Crippen MR) is 79.0 cm³/mol. The van der Waals surface area contributed by atoms with Crippen LogP contribution in [0.1, 0.15) is 6.42 Å². The Morgan fingerprint density at radius 1 is 1.20 bits per heavy atom. The average molecular weight is 262 g/mol. The van der Waals surface area contributed by atoms with Gasteiger partial charge >= 0.3 is 0 Å². The quantitative estimate of drug-likeness (QED) is 0.780. The lowest BCUT2D eigenvalue weighted by Crippen LogP contribution is -2.24. The summed E-state index contributed by atoms with van der Waals surface area (Å²) in [6, 6.07) is 13.8. The Balaban J connectivity index is 1.84. The zero-order valence-corrected chi connectivity index (χ0v) is 11.0. The molecule has 1 amide bonds. The molecule has 3 heteroatoms. The predicted octanol–water partition coefficient (Wildman–Crippen LogP) is 2.73. The number of pyridine rings is 1. The highest BCUT2D eigenvalue weighted by Crippen LogP contribution is 2.25. The average Bonchev–Trinajstić information content (AvgIpc) is 2.89. The van der Waals surface area contributed by atoms with Crippen LogP contribution in [-0.4, -0.2) is 17.4 Å². The van der Waals surface area contributed by atoms with Crippen molar-refractivity contribution in [1.29, 1.82) is 0 Å². The SMILES string of the molecule is C#CC1CC(=O)N(c2ccc(-c3ccccc3)nc2)C1. The number of hydrogen-bond donors (Lipinski definition) is 0. The summed E-state index contributed by atoms with van der Waals surface area (Å²) in [5.74, 6) is 2.73. The van der Waals surface area contributed by atoms with E-state index in [-0.39, 0.29) is 11.8 Å². The number of hydrogen-bond acceptors (Lipinski definition) is 2. The van der Waals surface area contributed by atoms with Crippen molar-refractivity contribution in [3.8, 4) is 23.6 Å². The van der Waals surface area contributed by atoms with Crippen LogP contribution in [0.4, 0.5) is 5.69 Å². The van der Waals surface area contributed by atoms with Crippen LogP contribution in [-0.2, 0) is 4.79 Å². The molecule has 1 fully saturated rings. The molecule has 1 unspecified atom stereocenters. The lowest BCUT2D eigenvalue weighted by molar-refractivity contribution is -0.117. The molecular formula is C17H14N2O. The van der Waals surface area contributed by atoms with Gasteiger partial charge in [0.2, 0.25) is 5.91 Å². The second kappa shape index (κ2) is 5.18. The van der Waals surface area contributed by atoms with Gasteiger partial charge in [-0.05, 0) is 12.1 Å². The third-order valence-electron chi connectivity index (χ3n) is 3.49. The molecule has 0 aliphatic carbocycles. The number of anilines is 1. The van der Waals surface area contributed by atoms with Crippen LogP contribution in [0.15, 0.2) is 48.7 Å². The van der Waals surface area contributed by atoms with Crippen molar-refractivity contribution in [3.63, 3.8) is 0 Å². The molecule has 3 nitrogen and oxygen atoms in total. The van der Waals surface area contributed by atoms with Crippen molar-refractivity contribution in [2.75, 3.05) is 11.4 Å². The second-order valence-electron chi connectivity index (χ2n) is 4.84. The van der Waals surface area contributed by atoms with Gasteiger partial charge in [0.05, 0.1) is 17.6 Å². The summed E-state index contributed by atoms with van der Waals surface area (Å²) in [7, 11) is 0. The van der Waals surface area contributed by atoms with E-state index in [0.29, 0.717) is 13.0 Å². The molecule has 1 aromatic carbocycles. The maximum atomic E-state index is 11.9. The van der Waals surface area contributed by atoms with Gasteiger partial charge in [-0.2, -0.15) is 0 Å². The van der Waals surface area contributed by atoms with Crippen LogP contribution >= 0.6 is 0 Å². The van der Waals surface area contributed by atoms with Crippen LogP contribution in [0.25, 0.3) is 11.3 Å². The zero-order chi connectivity index (χ0) is 13.9. The Morgan fingerprint density at radius 3 is 2.60 bits per heavy atom. The van der Waals surface area contributed by atoms with Crippen LogP contribution in [0, 0.1) is 18.3 Å². The molecular weight excluding hydrogens is 248 g/mol. The van der Waals surface area contributed by atoms with Crippen LogP contribution in [0.2, 0.25) is 0 Å². The maximum Gasteiger partial charge on any atom is 0.228 e.